The summed E-state index contributed by atoms with van der Waals surface area (Å²) in [6, 6.07) is 11.8. The molecule has 0 atom stereocenters. The molecule has 0 N–H and O–H groups in total. The van der Waals surface area contributed by atoms with E-state index in [1.165, 1.54) is 25.3 Å². The van der Waals surface area contributed by atoms with Crippen molar-refractivity contribution in [1.29, 1.82) is 0 Å². The molecule has 108 valence electrons. The lowest BCUT2D eigenvalue weighted by atomic mass is 9.99. The molecule has 0 radical (unpaired) electrons. The van der Waals surface area contributed by atoms with Gasteiger partial charge in [-0.05, 0) is 30.2 Å². The maximum absolute atomic E-state index is 12.3. The summed E-state index contributed by atoms with van der Waals surface area (Å²) in [4.78, 5) is 22.6. The summed E-state index contributed by atoms with van der Waals surface area (Å²) in [7, 11) is 1.35. The molecule has 2 aromatic rings. The lowest BCUT2D eigenvalue weighted by molar-refractivity contribution is -0.385. The van der Waals surface area contributed by atoms with Crippen molar-refractivity contribution in [2.75, 3.05) is 7.11 Å². The normalized spacial score (nSPS) is 10.2. The molecule has 0 aliphatic heterocycles. The van der Waals surface area contributed by atoms with E-state index in [1.807, 2.05) is 31.2 Å². The fraction of sp³-hybridized carbons (Fsp3) is 0.188. The van der Waals surface area contributed by atoms with Crippen LogP contribution in [0.4, 0.5) is 5.69 Å². The Morgan fingerprint density at radius 1 is 1.24 bits per heavy atom. The van der Waals surface area contributed by atoms with Crippen molar-refractivity contribution in [2.45, 2.75) is 13.3 Å². The fourth-order valence-electron chi connectivity index (χ4n) is 2.09. The van der Waals surface area contributed by atoms with E-state index in [9.17, 15) is 14.9 Å². The molecule has 0 unspecified atom stereocenters. The molecule has 0 fully saturated rings. The van der Waals surface area contributed by atoms with E-state index in [-0.39, 0.29) is 23.6 Å². The summed E-state index contributed by atoms with van der Waals surface area (Å²) < 4.78 is 4.98. The fourth-order valence-corrected chi connectivity index (χ4v) is 2.09. The molecule has 0 aromatic heterocycles. The van der Waals surface area contributed by atoms with Gasteiger partial charge in [0.05, 0.1) is 12.0 Å². The number of nitro groups is 1. The summed E-state index contributed by atoms with van der Waals surface area (Å²) in [6.07, 6.45) is 0.258. The van der Waals surface area contributed by atoms with E-state index in [0.29, 0.717) is 5.56 Å². The summed E-state index contributed by atoms with van der Waals surface area (Å²) in [5.74, 6) is -0.00636. The van der Waals surface area contributed by atoms with E-state index in [1.54, 1.807) is 0 Å². The van der Waals surface area contributed by atoms with Crippen LogP contribution in [-0.4, -0.2) is 17.8 Å². The molecule has 21 heavy (non-hydrogen) atoms. The molecule has 2 rings (SSSR count). The lowest BCUT2D eigenvalue weighted by Gasteiger charge is -2.07. The van der Waals surface area contributed by atoms with Crippen LogP contribution < -0.4 is 4.74 Å². The van der Waals surface area contributed by atoms with Gasteiger partial charge in [-0.1, -0.05) is 24.3 Å². The topological polar surface area (TPSA) is 69.4 Å². The molecule has 0 heterocycles. The third kappa shape index (κ3) is 3.25. The van der Waals surface area contributed by atoms with Gasteiger partial charge in [0, 0.05) is 18.1 Å². The molecule has 0 bridgehead atoms. The maximum Gasteiger partial charge on any atom is 0.310 e. The number of benzene rings is 2. The van der Waals surface area contributed by atoms with Gasteiger partial charge in [-0.25, -0.2) is 0 Å². The monoisotopic (exact) mass is 285 g/mol. The van der Waals surface area contributed by atoms with E-state index in [2.05, 4.69) is 0 Å². The predicted octanol–water partition coefficient (Wildman–Crippen LogP) is 3.34. The number of ether oxygens (including phenoxy) is 1. The van der Waals surface area contributed by atoms with Gasteiger partial charge >= 0.3 is 5.69 Å². The first-order valence-corrected chi connectivity index (χ1v) is 6.43. The van der Waals surface area contributed by atoms with Gasteiger partial charge < -0.3 is 4.74 Å². The average molecular weight is 285 g/mol. The minimum absolute atomic E-state index is 0.0932. The number of ketones is 1. The van der Waals surface area contributed by atoms with Crippen molar-refractivity contribution >= 4 is 11.5 Å². The lowest BCUT2D eigenvalue weighted by Crippen LogP contribution is -2.06. The number of Topliss-reactive ketones (excluding diaryl/α,β-unsaturated/α-hetero) is 1. The van der Waals surface area contributed by atoms with Crippen LogP contribution in [0.2, 0.25) is 0 Å². The molecule has 0 saturated heterocycles. The van der Waals surface area contributed by atoms with Crippen LogP contribution in [0.15, 0.2) is 42.5 Å². The molecular formula is C16H15NO4. The summed E-state index contributed by atoms with van der Waals surface area (Å²) in [6.45, 7) is 1.94. The van der Waals surface area contributed by atoms with Crippen LogP contribution in [0.3, 0.4) is 0 Å². The van der Waals surface area contributed by atoms with Gasteiger partial charge in [0.2, 0.25) is 0 Å². The van der Waals surface area contributed by atoms with Crippen LogP contribution in [0.1, 0.15) is 21.5 Å². The number of hydrogen-bond acceptors (Lipinski definition) is 4. The number of methoxy groups -OCH3 is 1. The number of nitrogens with zero attached hydrogens (tertiary/aromatic N) is 1. The zero-order chi connectivity index (χ0) is 15.4. The second-order valence-electron chi connectivity index (χ2n) is 4.67. The van der Waals surface area contributed by atoms with Crippen LogP contribution in [0, 0.1) is 17.0 Å². The van der Waals surface area contributed by atoms with Crippen molar-refractivity contribution in [2.24, 2.45) is 0 Å². The molecule has 0 aliphatic carbocycles. The molecule has 0 spiro atoms. The third-order valence-corrected chi connectivity index (χ3v) is 3.31. The van der Waals surface area contributed by atoms with Gasteiger partial charge in [-0.2, -0.15) is 0 Å². The summed E-state index contributed by atoms with van der Waals surface area (Å²) in [5, 5.41) is 10.8. The van der Waals surface area contributed by atoms with Crippen LogP contribution in [-0.2, 0) is 6.42 Å². The van der Waals surface area contributed by atoms with E-state index in [0.717, 1.165) is 11.1 Å². The zero-order valence-corrected chi connectivity index (χ0v) is 11.8. The van der Waals surface area contributed by atoms with Gasteiger partial charge in [-0.3, -0.25) is 14.9 Å². The van der Waals surface area contributed by atoms with E-state index >= 15 is 0 Å². The Bertz CT molecular complexity index is 694. The third-order valence-electron chi connectivity index (χ3n) is 3.31. The predicted molar refractivity (Wildman–Crippen MR) is 78.9 cm³/mol. The Balaban J connectivity index is 2.28. The molecule has 5 nitrogen and oxygen atoms in total. The Kier molecular flexibility index (Phi) is 4.33. The molecule has 0 amide bonds. The van der Waals surface area contributed by atoms with E-state index in [4.69, 9.17) is 4.74 Å². The van der Waals surface area contributed by atoms with Gasteiger partial charge in [0.15, 0.2) is 11.5 Å². The first kappa shape index (κ1) is 14.7. The molecular weight excluding hydrogens is 270 g/mol. The minimum Gasteiger partial charge on any atom is -0.490 e. The standard InChI is InChI=1S/C16H15NO4/c1-11-5-3-4-6-12(11)9-15(18)13-7-8-14(17(19)20)16(10-13)21-2/h3-8,10H,9H2,1-2H3. The first-order chi connectivity index (χ1) is 10.0. The first-order valence-electron chi connectivity index (χ1n) is 6.43. The Morgan fingerprint density at radius 2 is 1.95 bits per heavy atom. The maximum atomic E-state index is 12.3. The number of carbonyl (C=O) groups is 1. The molecule has 2 aromatic carbocycles. The highest BCUT2D eigenvalue weighted by atomic mass is 16.6. The van der Waals surface area contributed by atoms with Crippen molar-refractivity contribution in [3.63, 3.8) is 0 Å². The number of hydrogen-bond donors (Lipinski definition) is 0. The average Bonchev–Trinajstić information content (AvgIpc) is 2.48. The second kappa shape index (κ2) is 6.17. The van der Waals surface area contributed by atoms with E-state index < -0.39 is 4.92 Å². The summed E-state index contributed by atoms with van der Waals surface area (Å²) >= 11 is 0. The van der Waals surface area contributed by atoms with Gasteiger partial charge in [0.25, 0.3) is 0 Å². The van der Waals surface area contributed by atoms with Gasteiger partial charge in [-0.15, -0.1) is 0 Å². The van der Waals surface area contributed by atoms with Crippen molar-refractivity contribution in [1.82, 2.24) is 0 Å². The Hall–Kier alpha value is -2.69. The van der Waals surface area contributed by atoms with Gasteiger partial charge in [0.1, 0.15) is 0 Å². The quantitative estimate of drug-likeness (QED) is 0.480. The largest absolute Gasteiger partial charge is 0.490 e. The molecule has 0 saturated carbocycles. The van der Waals surface area contributed by atoms with Crippen LogP contribution >= 0.6 is 0 Å². The number of carbonyl (C=O) groups excluding carboxylic acids is 1. The zero-order valence-electron chi connectivity index (χ0n) is 11.8. The molecule has 5 heteroatoms. The highest BCUT2D eigenvalue weighted by Gasteiger charge is 2.17. The highest BCUT2D eigenvalue weighted by molar-refractivity contribution is 5.98. The SMILES string of the molecule is COc1cc(C(=O)Cc2ccccc2C)ccc1[N+](=O)[O-]. The minimum atomic E-state index is -0.533. The Morgan fingerprint density at radius 3 is 2.57 bits per heavy atom. The van der Waals surface area contributed by atoms with Crippen LogP contribution in [0.25, 0.3) is 0 Å². The van der Waals surface area contributed by atoms with Crippen LogP contribution in [0.5, 0.6) is 5.75 Å². The van der Waals surface area contributed by atoms with Crippen molar-refractivity contribution in [3.05, 3.63) is 69.3 Å². The van der Waals surface area contributed by atoms with Crippen molar-refractivity contribution < 1.29 is 14.5 Å². The van der Waals surface area contributed by atoms with Crippen molar-refractivity contribution in [3.8, 4) is 5.75 Å². The Labute approximate surface area is 122 Å². The molecule has 0 aliphatic rings. The highest BCUT2D eigenvalue weighted by Crippen LogP contribution is 2.28. The summed E-state index contributed by atoms with van der Waals surface area (Å²) in [5.41, 5.74) is 2.24. The smallest absolute Gasteiger partial charge is 0.310 e. The number of rotatable bonds is 5. The number of nitro benzene ring substituents is 1. The second-order valence-corrected chi connectivity index (χ2v) is 4.67. The number of aryl methyl sites for hydroxylation is 1.